The van der Waals surface area contributed by atoms with E-state index in [9.17, 15) is 4.39 Å². The fourth-order valence-electron chi connectivity index (χ4n) is 2.56. The number of hydrogen-bond donors (Lipinski definition) is 0. The van der Waals surface area contributed by atoms with E-state index in [4.69, 9.17) is 9.26 Å². The third-order valence-corrected chi connectivity index (χ3v) is 3.90. The van der Waals surface area contributed by atoms with Crippen molar-refractivity contribution in [2.45, 2.75) is 20.0 Å². The first-order valence-electron chi connectivity index (χ1n) is 8.11. The number of hydrogen-bond acceptors (Lipinski definition) is 5. The van der Waals surface area contributed by atoms with Gasteiger partial charge in [0.05, 0.1) is 13.7 Å². The van der Waals surface area contributed by atoms with Crippen molar-refractivity contribution in [1.82, 2.24) is 15.0 Å². The van der Waals surface area contributed by atoms with Crippen molar-refractivity contribution < 1.29 is 13.7 Å². The van der Waals surface area contributed by atoms with Crippen LogP contribution in [0.3, 0.4) is 0 Å². The average molecular weight is 341 g/mol. The predicted octanol–water partition coefficient (Wildman–Crippen LogP) is 3.91. The summed E-state index contributed by atoms with van der Waals surface area (Å²) in [7, 11) is 1.62. The van der Waals surface area contributed by atoms with Crippen LogP contribution in [-0.4, -0.2) is 28.7 Å². The molecule has 3 aromatic rings. The highest BCUT2D eigenvalue weighted by Gasteiger charge is 2.13. The number of rotatable bonds is 7. The second-order valence-corrected chi connectivity index (χ2v) is 5.68. The molecule has 1 aromatic heterocycles. The molecule has 0 unspecified atom stereocenters. The Morgan fingerprint density at radius 1 is 1.12 bits per heavy atom. The van der Waals surface area contributed by atoms with Gasteiger partial charge in [-0.05, 0) is 36.4 Å². The number of methoxy groups -OCH3 is 1. The summed E-state index contributed by atoms with van der Waals surface area (Å²) in [5, 5.41) is 4.04. The molecule has 25 heavy (non-hydrogen) atoms. The molecule has 130 valence electrons. The van der Waals surface area contributed by atoms with Crippen LogP contribution in [0.15, 0.2) is 53.1 Å². The van der Waals surface area contributed by atoms with Crippen molar-refractivity contribution in [3.63, 3.8) is 0 Å². The molecule has 2 aromatic carbocycles. The van der Waals surface area contributed by atoms with E-state index >= 15 is 0 Å². The first kappa shape index (κ1) is 17.1. The van der Waals surface area contributed by atoms with Gasteiger partial charge in [-0.1, -0.05) is 36.3 Å². The molecule has 6 heteroatoms. The zero-order valence-corrected chi connectivity index (χ0v) is 14.3. The van der Waals surface area contributed by atoms with Crippen LogP contribution < -0.4 is 4.74 Å². The topological polar surface area (TPSA) is 51.4 Å². The molecule has 0 radical (unpaired) electrons. The Morgan fingerprint density at radius 3 is 2.72 bits per heavy atom. The fraction of sp³-hybridized carbons (Fsp3) is 0.263. The van der Waals surface area contributed by atoms with E-state index in [1.807, 2.05) is 37.3 Å². The summed E-state index contributed by atoms with van der Waals surface area (Å²) < 4.78 is 23.9. The molecule has 5 nitrogen and oxygen atoms in total. The smallest absolute Gasteiger partial charge is 0.241 e. The molecule has 0 N–H and O–H groups in total. The van der Waals surface area contributed by atoms with Crippen LogP contribution in [0.25, 0.3) is 11.4 Å². The zero-order chi connectivity index (χ0) is 17.6. The molecule has 0 spiro atoms. The van der Waals surface area contributed by atoms with Gasteiger partial charge in [0, 0.05) is 12.1 Å². The largest absolute Gasteiger partial charge is 0.497 e. The number of benzene rings is 2. The Kier molecular flexibility index (Phi) is 5.40. The Balaban J connectivity index is 1.70. The van der Waals surface area contributed by atoms with Crippen molar-refractivity contribution in [2.24, 2.45) is 0 Å². The van der Waals surface area contributed by atoms with Gasteiger partial charge in [0.1, 0.15) is 11.6 Å². The summed E-state index contributed by atoms with van der Waals surface area (Å²) in [5.74, 6) is 1.56. The Labute approximate surface area is 146 Å². The molecule has 0 bridgehead atoms. The second kappa shape index (κ2) is 7.90. The first-order valence-corrected chi connectivity index (χ1v) is 8.11. The fourth-order valence-corrected chi connectivity index (χ4v) is 2.56. The van der Waals surface area contributed by atoms with Crippen LogP contribution in [0.1, 0.15) is 18.4 Å². The minimum atomic E-state index is -0.230. The minimum absolute atomic E-state index is 0.230. The molecule has 0 saturated heterocycles. The SMILES string of the molecule is CCN(Cc1cccc(F)c1)Cc1nc(-c2cccc(OC)c2)no1. The third kappa shape index (κ3) is 4.42. The summed E-state index contributed by atoms with van der Waals surface area (Å²) in [6.45, 7) is 3.95. The highest BCUT2D eigenvalue weighted by atomic mass is 19.1. The van der Waals surface area contributed by atoms with Gasteiger partial charge in [-0.15, -0.1) is 0 Å². The van der Waals surface area contributed by atoms with E-state index in [0.29, 0.717) is 24.8 Å². The lowest BCUT2D eigenvalue weighted by Gasteiger charge is -2.18. The molecule has 1 heterocycles. The standard InChI is InChI=1S/C19H20FN3O2/c1-3-23(12-14-6-4-8-16(20)10-14)13-18-21-19(22-25-18)15-7-5-9-17(11-15)24-2/h4-11H,3,12-13H2,1-2H3. The van der Waals surface area contributed by atoms with Crippen molar-refractivity contribution in [1.29, 1.82) is 0 Å². The summed E-state index contributed by atoms with van der Waals surface area (Å²) >= 11 is 0. The van der Waals surface area contributed by atoms with E-state index in [1.165, 1.54) is 12.1 Å². The van der Waals surface area contributed by atoms with Gasteiger partial charge in [-0.2, -0.15) is 4.98 Å². The summed E-state index contributed by atoms with van der Waals surface area (Å²) in [5.41, 5.74) is 1.75. The predicted molar refractivity (Wildman–Crippen MR) is 92.5 cm³/mol. The molecule has 0 aliphatic heterocycles. The monoisotopic (exact) mass is 341 g/mol. The maximum Gasteiger partial charge on any atom is 0.241 e. The highest BCUT2D eigenvalue weighted by Crippen LogP contribution is 2.21. The van der Waals surface area contributed by atoms with Crippen LogP contribution in [0, 0.1) is 5.82 Å². The average Bonchev–Trinajstić information content (AvgIpc) is 3.10. The highest BCUT2D eigenvalue weighted by molar-refractivity contribution is 5.56. The van der Waals surface area contributed by atoms with Gasteiger partial charge in [-0.25, -0.2) is 4.39 Å². The van der Waals surface area contributed by atoms with Crippen LogP contribution in [0.2, 0.25) is 0 Å². The number of ether oxygens (including phenoxy) is 1. The Morgan fingerprint density at radius 2 is 1.96 bits per heavy atom. The lowest BCUT2D eigenvalue weighted by molar-refractivity contribution is 0.229. The quantitative estimate of drug-likeness (QED) is 0.652. The van der Waals surface area contributed by atoms with Crippen LogP contribution >= 0.6 is 0 Å². The minimum Gasteiger partial charge on any atom is -0.497 e. The molecule has 0 aliphatic rings. The lowest BCUT2D eigenvalue weighted by Crippen LogP contribution is -2.22. The molecular weight excluding hydrogens is 321 g/mol. The van der Waals surface area contributed by atoms with Gasteiger partial charge in [-0.3, -0.25) is 4.90 Å². The van der Waals surface area contributed by atoms with Crippen molar-refractivity contribution >= 4 is 0 Å². The summed E-state index contributed by atoms with van der Waals surface area (Å²) in [4.78, 5) is 6.56. The van der Waals surface area contributed by atoms with Gasteiger partial charge < -0.3 is 9.26 Å². The molecular formula is C19H20FN3O2. The lowest BCUT2D eigenvalue weighted by atomic mass is 10.2. The molecule has 0 amide bonds. The van der Waals surface area contributed by atoms with Gasteiger partial charge >= 0.3 is 0 Å². The maximum absolute atomic E-state index is 13.3. The zero-order valence-electron chi connectivity index (χ0n) is 14.3. The Bertz CT molecular complexity index is 835. The normalized spacial score (nSPS) is 11.0. The molecule has 3 rings (SSSR count). The summed E-state index contributed by atoms with van der Waals surface area (Å²) in [6.07, 6.45) is 0. The van der Waals surface area contributed by atoms with E-state index in [-0.39, 0.29) is 5.82 Å². The van der Waals surface area contributed by atoms with E-state index in [2.05, 4.69) is 15.0 Å². The van der Waals surface area contributed by atoms with E-state index in [1.54, 1.807) is 13.2 Å². The van der Waals surface area contributed by atoms with Crippen molar-refractivity contribution in [3.05, 3.63) is 65.8 Å². The number of nitrogens with zero attached hydrogens (tertiary/aromatic N) is 3. The van der Waals surface area contributed by atoms with Crippen LogP contribution in [0.4, 0.5) is 4.39 Å². The van der Waals surface area contributed by atoms with Crippen molar-refractivity contribution in [2.75, 3.05) is 13.7 Å². The number of halogens is 1. The Hall–Kier alpha value is -2.73. The van der Waals surface area contributed by atoms with Gasteiger partial charge in [0.2, 0.25) is 11.7 Å². The molecule has 0 atom stereocenters. The third-order valence-electron chi connectivity index (χ3n) is 3.90. The van der Waals surface area contributed by atoms with E-state index < -0.39 is 0 Å². The van der Waals surface area contributed by atoms with Gasteiger partial charge in [0.25, 0.3) is 0 Å². The first-order chi connectivity index (χ1) is 12.2. The van der Waals surface area contributed by atoms with Crippen molar-refractivity contribution in [3.8, 4) is 17.1 Å². The van der Waals surface area contributed by atoms with Crippen LogP contribution in [0.5, 0.6) is 5.75 Å². The molecule has 0 fully saturated rings. The second-order valence-electron chi connectivity index (χ2n) is 5.68. The maximum atomic E-state index is 13.3. The van der Waals surface area contributed by atoms with E-state index in [0.717, 1.165) is 23.4 Å². The number of aromatic nitrogens is 2. The summed E-state index contributed by atoms with van der Waals surface area (Å²) in [6, 6.07) is 14.1. The van der Waals surface area contributed by atoms with Crippen LogP contribution in [-0.2, 0) is 13.1 Å². The molecule has 0 saturated carbocycles. The van der Waals surface area contributed by atoms with Gasteiger partial charge in [0.15, 0.2) is 0 Å². The molecule has 0 aliphatic carbocycles.